The number of carbonyl (C=O) groups is 2. The fraction of sp³-hybridized carbons (Fsp3) is 0.0435. The second kappa shape index (κ2) is 9.57. The van der Waals surface area contributed by atoms with Gasteiger partial charge in [-0.3, -0.25) is 9.59 Å². The van der Waals surface area contributed by atoms with Gasteiger partial charge in [-0.05, 0) is 60.2 Å². The van der Waals surface area contributed by atoms with Crippen LogP contribution in [-0.2, 0) is 4.79 Å². The number of nitrogens with one attached hydrogen (secondary N) is 2. The van der Waals surface area contributed by atoms with Crippen molar-refractivity contribution in [3.8, 4) is 5.75 Å². The Kier molecular flexibility index (Phi) is 6.66. The molecule has 0 radical (unpaired) electrons. The van der Waals surface area contributed by atoms with Crippen LogP contribution >= 0.6 is 11.6 Å². The summed E-state index contributed by atoms with van der Waals surface area (Å²) in [4.78, 5) is 25.4. The minimum absolute atomic E-state index is 0.110. The molecule has 0 fully saturated rings. The summed E-state index contributed by atoms with van der Waals surface area (Å²) in [5.41, 5.74) is 1.86. The normalized spacial score (nSPS) is 10.9. The van der Waals surface area contributed by atoms with Crippen LogP contribution in [-0.4, -0.2) is 18.9 Å². The molecule has 0 bridgehead atoms. The second-order valence-electron chi connectivity index (χ2n) is 6.11. The standard InChI is InChI=1S/C23H19ClN2O3/c1-29-20-13-7-16(8-14-20)15-21(26-22(27)17-5-3-2-4-6-17)23(28)25-19-11-9-18(24)10-12-19/h2-15H,1H3,(H,25,28)(H,26,27). The lowest BCUT2D eigenvalue weighted by Crippen LogP contribution is -2.30. The lowest BCUT2D eigenvalue weighted by Gasteiger charge is -2.11. The van der Waals surface area contributed by atoms with Gasteiger partial charge in [0.25, 0.3) is 11.8 Å². The van der Waals surface area contributed by atoms with E-state index in [1.165, 1.54) is 0 Å². The number of halogens is 1. The van der Waals surface area contributed by atoms with Gasteiger partial charge in [0.15, 0.2) is 0 Å². The highest BCUT2D eigenvalue weighted by Gasteiger charge is 2.15. The smallest absolute Gasteiger partial charge is 0.272 e. The van der Waals surface area contributed by atoms with Gasteiger partial charge in [0.1, 0.15) is 11.4 Å². The quantitative estimate of drug-likeness (QED) is 0.580. The monoisotopic (exact) mass is 406 g/mol. The van der Waals surface area contributed by atoms with Gasteiger partial charge < -0.3 is 15.4 Å². The third-order valence-electron chi connectivity index (χ3n) is 4.06. The molecule has 2 amide bonds. The average molecular weight is 407 g/mol. The Morgan fingerprint density at radius 1 is 0.897 bits per heavy atom. The van der Waals surface area contributed by atoms with E-state index in [1.54, 1.807) is 86.0 Å². The van der Waals surface area contributed by atoms with Crippen LogP contribution in [0.2, 0.25) is 5.02 Å². The van der Waals surface area contributed by atoms with Crippen molar-refractivity contribution in [1.82, 2.24) is 5.32 Å². The molecular formula is C23H19ClN2O3. The molecule has 0 spiro atoms. The maximum atomic E-state index is 12.8. The lowest BCUT2D eigenvalue weighted by atomic mass is 10.1. The highest BCUT2D eigenvalue weighted by atomic mass is 35.5. The van der Waals surface area contributed by atoms with Gasteiger partial charge in [-0.25, -0.2) is 0 Å². The van der Waals surface area contributed by atoms with Crippen LogP contribution in [0.1, 0.15) is 15.9 Å². The molecule has 6 heteroatoms. The largest absolute Gasteiger partial charge is 0.497 e. The van der Waals surface area contributed by atoms with Crippen LogP contribution < -0.4 is 15.4 Å². The first-order valence-corrected chi connectivity index (χ1v) is 9.22. The first kappa shape index (κ1) is 20.2. The van der Waals surface area contributed by atoms with Crippen molar-refractivity contribution in [2.45, 2.75) is 0 Å². The fourth-order valence-corrected chi connectivity index (χ4v) is 2.67. The predicted molar refractivity (Wildman–Crippen MR) is 115 cm³/mol. The number of hydrogen-bond acceptors (Lipinski definition) is 3. The molecule has 29 heavy (non-hydrogen) atoms. The molecule has 0 saturated heterocycles. The van der Waals surface area contributed by atoms with Crippen molar-refractivity contribution in [3.63, 3.8) is 0 Å². The Balaban J connectivity index is 1.86. The summed E-state index contributed by atoms with van der Waals surface area (Å²) in [6.45, 7) is 0. The number of methoxy groups -OCH3 is 1. The Hall–Kier alpha value is -3.57. The molecule has 3 aromatic carbocycles. The average Bonchev–Trinajstić information content (AvgIpc) is 2.76. The van der Waals surface area contributed by atoms with Gasteiger partial charge in [0.2, 0.25) is 0 Å². The van der Waals surface area contributed by atoms with Gasteiger partial charge in [-0.15, -0.1) is 0 Å². The summed E-state index contributed by atoms with van der Waals surface area (Å²) in [5.74, 6) is -0.133. The van der Waals surface area contributed by atoms with Crippen molar-refractivity contribution >= 4 is 35.2 Å². The number of carbonyl (C=O) groups excluding carboxylic acids is 2. The zero-order valence-corrected chi connectivity index (χ0v) is 16.4. The van der Waals surface area contributed by atoms with Crippen LogP contribution in [0.25, 0.3) is 6.08 Å². The zero-order chi connectivity index (χ0) is 20.6. The van der Waals surface area contributed by atoms with Gasteiger partial charge in [0.05, 0.1) is 7.11 Å². The summed E-state index contributed by atoms with van der Waals surface area (Å²) in [6, 6.07) is 22.6. The topological polar surface area (TPSA) is 67.4 Å². The first-order valence-electron chi connectivity index (χ1n) is 8.84. The van der Waals surface area contributed by atoms with Crippen LogP contribution in [0.3, 0.4) is 0 Å². The third kappa shape index (κ3) is 5.70. The maximum absolute atomic E-state index is 12.8. The highest BCUT2D eigenvalue weighted by Crippen LogP contribution is 2.16. The van der Waals surface area contributed by atoms with E-state index < -0.39 is 5.91 Å². The molecule has 0 aliphatic heterocycles. The van der Waals surface area contributed by atoms with Crippen molar-refractivity contribution in [3.05, 3.63) is 101 Å². The van der Waals surface area contributed by atoms with E-state index in [0.29, 0.717) is 22.0 Å². The minimum atomic E-state index is -0.451. The molecule has 0 saturated carbocycles. The predicted octanol–water partition coefficient (Wildman–Crippen LogP) is 4.76. The Morgan fingerprint density at radius 2 is 1.55 bits per heavy atom. The van der Waals surface area contributed by atoms with E-state index in [9.17, 15) is 9.59 Å². The van der Waals surface area contributed by atoms with Gasteiger partial charge in [0, 0.05) is 16.3 Å². The van der Waals surface area contributed by atoms with Crippen LogP contribution in [0.5, 0.6) is 5.75 Å². The molecule has 3 rings (SSSR count). The molecule has 0 aliphatic carbocycles. The zero-order valence-electron chi connectivity index (χ0n) is 15.7. The van der Waals surface area contributed by atoms with Crippen molar-refractivity contribution in [1.29, 1.82) is 0 Å². The molecule has 146 valence electrons. The van der Waals surface area contributed by atoms with Gasteiger partial charge in [-0.2, -0.15) is 0 Å². The van der Waals surface area contributed by atoms with E-state index in [4.69, 9.17) is 16.3 Å². The van der Waals surface area contributed by atoms with Crippen LogP contribution in [0.4, 0.5) is 5.69 Å². The van der Waals surface area contributed by atoms with Crippen molar-refractivity contribution in [2.24, 2.45) is 0 Å². The SMILES string of the molecule is COc1ccc(C=C(NC(=O)c2ccccc2)C(=O)Nc2ccc(Cl)cc2)cc1. The van der Waals surface area contributed by atoms with Gasteiger partial charge >= 0.3 is 0 Å². The molecule has 3 aromatic rings. The highest BCUT2D eigenvalue weighted by molar-refractivity contribution is 6.30. The summed E-state index contributed by atoms with van der Waals surface area (Å²) < 4.78 is 5.15. The van der Waals surface area contributed by atoms with E-state index in [0.717, 1.165) is 5.56 Å². The number of hydrogen-bond donors (Lipinski definition) is 2. The summed E-state index contributed by atoms with van der Waals surface area (Å²) in [6.07, 6.45) is 1.60. The van der Waals surface area contributed by atoms with E-state index in [2.05, 4.69) is 10.6 Å². The molecule has 0 heterocycles. The summed E-state index contributed by atoms with van der Waals surface area (Å²) >= 11 is 5.89. The Labute approximate surface area is 174 Å². The van der Waals surface area contributed by atoms with Gasteiger partial charge in [-0.1, -0.05) is 41.9 Å². The molecule has 5 nitrogen and oxygen atoms in total. The Morgan fingerprint density at radius 3 is 2.17 bits per heavy atom. The van der Waals surface area contributed by atoms with E-state index in [-0.39, 0.29) is 11.6 Å². The number of ether oxygens (including phenoxy) is 1. The number of rotatable bonds is 6. The number of anilines is 1. The van der Waals surface area contributed by atoms with E-state index >= 15 is 0 Å². The first-order chi connectivity index (χ1) is 14.0. The number of amides is 2. The maximum Gasteiger partial charge on any atom is 0.272 e. The van der Waals surface area contributed by atoms with E-state index in [1.807, 2.05) is 6.07 Å². The summed E-state index contributed by atoms with van der Waals surface area (Å²) in [7, 11) is 1.58. The minimum Gasteiger partial charge on any atom is -0.497 e. The summed E-state index contributed by atoms with van der Waals surface area (Å²) in [5, 5.41) is 6.02. The van der Waals surface area contributed by atoms with Crippen molar-refractivity contribution in [2.75, 3.05) is 12.4 Å². The molecule has 0 atom stereocenters. The van der Waals surface area contributed by atoms with Crippen LogP contribution in [0.15, 0.2) is 84.6 Å². The Bertz CT molecular complexity index is 1010. The van der Waals surface area contributed by atoms with Crippen molar-refractivity contribution < 1.29 is 14.3 Å². The molecule has 0 unspecified atom stereocenters. The molecule has 0 aromatic heterocycles. The number of benzene rings is 3. The third-order valence-corrected chi connectivity index (χ3v) is 4.31. The second-order valence-corrected chi connectivity index (χ2v) is 6.55. The molecular weight excluding hydrogens is 388 g/mol. The van der Waals surface area contributed by atoms with Crippen LogP contribution in [0, 0.1) is 0 Å². The fourth-order valence-electron chi connectivity index (χ4n) is 2.54. The lowest BCUT2D eigenvalue weighted by molar-refractivity contribution is -0.113. The molecule has 2 N–H and O–H groups in total. The molecule has 0 aliphatic rings.